The number of hydrogen-bond donors (Lipinski definition) is 1. The second kappa shape index (κ2) is 7.99. The van der Waals surface area contributed by atoms with Crippen LogP contribution in [0.1, 0.15) is 18.1 Å². The van der Waals surface area contributed by atoms with E-state index < -0.39 is 17.8 Å². The second-order valence-corrected chi connectivity index (χ2v) is 5.36. The van der Waals surface area contributed by atoms with Gasteiger partial charge in [0.1, 0.15) is 6.04 Å². The Hall–Kier alpha value is -1.31. The van der Waals surface area contributed by atoms with Crippen LogP contribution in [-0.4, -0.2) is 43.2 Å². The Bertz CT molecular complexity index is 540. The summed E-state index contributed by atoms with van der Waals surface area (Å²) in [5.74, 6) is -0.274. The topological polar surface area (TPSA) is 41.6 Å². The van der Waals surface area contributed by atoms with Crippen LogP contribution in [0, 0.1) is 0 Å². The molecule has 0 aliphatic carbocycles. The molecule has 1 heterocycles. The third kappa shape index (κ3) is 4.83. The largest absolute Gasteiger partial charge is 0.416 e. The van der Waals surface area contributed by atoms with Gasteiger partial charge >= 0.3 is 6.18 Å². The van der Waals surface area contributed by atoms with Crippen LogP contribution in [0.3, 0.4) is 0 Å². The number of alkyl halides is 3. The molecule has 1 saturated heterocycles. The Morgan fingerprint density at radius 1 is 1.39 bits per heavy atom. The van der Waals surface area contributed by atoms with E-state index in [4.69, 9.17) is 4.74 Å². The molecule has 0 radical (unpaired) electrons. The summed E-state index contributed by atoms with van der Waals surface area (Å²) in [6, 6.07) is 4.76. The van der Waals surface area contributed by atoms with E-state index in [0.717, 1.165) is 6.07 Å². The molecule has 1 aliphatic rings. The van der Waals surface area contributed by atoms with Gasteiger partial charge in [0, 0.05) is 20.1 Å². The molecule has 0 bridgehead atoms. The number of nitrogens with one attached hydrogen (secondary N) is 1. The number of benzene rings is 1. The highest BCUT2D eigenvalue weighted by Gasteiger charge is 2.35. The van der Waals surface area contributed by atoms with E-state index in [0.29, 0.717) is 13.2 Å². The summed E-state index contributed by atoms with van der Waals surface area (Å²) in [5.41, 5.74) is -0.634. The molecule has 8 heteroatoms. The van der Waals surface area contributed by atoms with E-state index in [9.17, 15) is 18.0 Å². The normalized spacial score (nSPS) is 21.4. The SMILES string of the molecule is C[C@H]1OCCN[C@@H]1C(=O)N(C)Cc1ccccc1C(F)(F)F.Cl. The average Bonchev–Trinajstić information content (AvgIpc) is 2.46. The van der Waals surface area contributed by atoms with Gasteiger partial charge in [-0.1, -0.05) is 18.2 Å². The Labute approximate surface area is 139 Å². The highest BCUT2D eigenvalue weighted by molar-refractivity contribution is 5.85. The zero-order valence-corrected chi connectivity index (χ0v) is 13.7. The monoisotopic (exact) mass is 352 g/mol. The molecule has 0 aromatic heterocycles. The smallest absolute Gasteiger partial charge is 0.375 e. The maximum Gasteiger partial charge on any atom is 0.416 e. The van der Waals surface area contributed by atoms with Gasteiger partial charge in [-0.15, -0.1) is 12.4 Å². The van der Waals surface area contributed by atoms with Gasteiger partial charge in [0.2, 0.25) is 5.91 Å². The molecular formula is C15H20ClF3N2O2. The van der Waals surface area contributed by atoms with Gasteiger partial charge in [0.05, 0.1) is 18.3 Å². The molecule has 1 aromatic carbocycles. The Balaban J connectivity index is 0.00000264. The van der Waals surface area contributed by atoms with Crippen molar-refractivity contribution in [2.24, 2.45) is 0 Å². The molecular weight excluding hydrogens is 333 g/mol. The molecule has 4 nitrogen and oxygen atoms in total. The van der Waals surface area contributed by atoms with Crippen molar-refractivity contribution >= 4 is 18.3 Å². The standard InChI is InChI=1S/C15H19F3N2O2.ClH/c1-10-13(19-7-8-22-10)14(21)20(2)9-11-5-3-4-6-12(11)15(16,17)18;/h3-6,10,13,19H,7-9H2,1-2H3;1H/t10-,13+;/m1./s1. The second-order valence-electron chi connectivity index (χ2n) is 5.36. The number of ether oxygens (including phenoxy) is 1. The minimum atomic E-state index is -4.43. The van der Waals surface area contributed by atoms with Gasteiger partial charge in [-0.05, 0) is 18.6 Å². The molecule has 1 aliphatic heterocycles. The van der Waals surface area contributed by atoms with Gasteiger partial charge < -0.3 is 15.0 Å². The fourth-order valence-corrected chi connectivity index (χ4v) is 2.52. The Morgan fingerprint density at radius 3 is 2.65 bits per heavy atom. The van der Waals surface area contributed by atoms with E-state index in [-0.39, 0.29) is 36.5 Å². The lowest BCUT2D eigenvalue weighted by atomic mass is 10.1. The number of carbonyl (C=O) groups excluding carboxylic acids is 1. The molecule has 1 amide bonds. The number of carbonyl (C=O) groups is 1. The number of nitrogens with zero attached hydrogens (tertiary/aromatic N) is 1. The minimum Gasteiger partial charge on any atom is -0.375 e. The van der Waals surface area contributed by atoms with Crippen LogP contribution in [0.5, 0.6) is 0 Å². The lowest BCUT2D eigenvalue weighted by molar-refractivity contribution is -0.142. The molecule has 0 saturated carbocycles. The van der Waals surface area contributed by atoms with Crippen LogP contribution >= 0.6 is 12.4 Å². The first-order valence-electron chi connectivity index (χ1n) is 7.05. The van der Waals surface area contributed by atoms with Gasteiger partial charge in [-0.3, -0.25) is 4.79 Å². The van der Waals surface area contributed by atoms with Crippen LogP contribution in [0.2, 0.25) is 0 Å². The summed E-state index contributed by atoms with van der Waals surface area (Å²) in [4.78, 5) is 13.7. The van der Waals surface area contributed by atoms with Crippen LogP contribution in [-0.2, 0) is 22.3 Å². The molecule has 130 valence electrons. The first-order valence-corrected chi connectivity index (χ1v) is 7.05. The zero-order chi connectivity index (χ0) is 16.3. The summed E-state index contributed by atoms with van der Waals surface area (Å²) in [6.07, 6.45) is -4.73. The van der Waals surface area contributed by atoms with E-state index in [1.165, 1.54) is 30.1 Å². The van der Waals surface area contributed by atoms with Crippen molar-refractivity contribution in [2.75, 3.05) is 20.2 Å². The van der Waals surface area contributed by atoms with Gasteiger partial charge in [-0.2, -0.15) is 13.2 Å². The Morgan fingerprint density at radius 2 is 2.04 bits per heavy atom. The van der Waals surface area contributed by atoms with E-state index in [2.05, 4.69) is 5.32 Å². The molecule has 2 rings (SSSR count). The average molecular weight is 353 g/mol. The quantitative estimate of drug-likeness (QED) is 0.908. The maximum absolute atomic E-state index is 13.0. The molecule has 0 unspecified atom stereocenters. The van der Waals surface area contributed by atoms with Crippen molar-refractivity contribution in [2.45, 2.75) is 31.8 Å². The lowest BCUT2D eigenvalue weighted by Gasteiger charge is -2.32. The van der Waals surface area contributed by atoms with E-state index in [1.807, 2.05) is 0 Å². The Kier molecular flexibility index (Phi) is 6.85. The minimum absolute atomic E-state index is 0. The van der Waals surface area contributed by atoms with Gasteiger partial charge in [-0.25, -0.2) is 0 Å². The number of likely N-dealkylation sites (N-methyl/N-ethyl adjacent to an activating group) is 1. The first-order chi connectivity index (χ1) is 10.3. The third-order valence-corrected chi connectivity index (χ3v) is 3.69. The summed E-state index contributed by atoms with van der Waals surface area (Å²) in [6.45, 7) is 2.74. The molecule has 1 fully saturated rings. The van der Waals surface area contributed by atoms with Crippen molar-refractivity contribution < 1.29 is 22.7 Å². The fourth-order valence-electron chi connectivity index (χ4n) is 2.52. The number of rotatable bonds is 3. The lowest BCUT2D eigenvalue weighted by Crippen LogP contribution is -2.55. The predicted molar refractivity (Wildman–Crippen MR) is 82.4 cm³/mol. The van der Waals surface area contributed by atoms with Crippen molar-refractivity contribution in [3.63, 3.8) is 0 Å². The first kappa shape index (κ1) is 19.7. The van der Waals surface area contributed by atoms with Crippen LogP contribution < -0.4 is 5.32 Å². The number of hydrogen-bond acceptors (Lipinski definition) is 3. The van der Waals surface area contributed by atoms with Gasteiger partial charge in [0.25, 0.3) is 0 Å². The van der Waals surface area contributed by atoms with Crippen LogP contribution in [0.25, 0.3) is 0 Å². The highest BCUT2D eigenvalue weighted by Crippen LogP contribution is 2.32. The summed E-state index contributed by atoms with van der Waals surface area (Å²) < 4.78 is 44.3. The van der Waals surface area contributed by atoms with Crippen LogP contribution in [0.15, 0.2) is 24.3 Å². The van der Waals surface area contributed by atoms with Crippen molar-refractivity contribution in [1.29, 1.82) is 0 Å². The van der Waals surface area contributed by atoms with Crippen molar-refractivity contribution in [1.82, 2.24) is 10.2 Å². The molecule has 2 atom stereocenters. The van der Waals surface area contributed by atoms with Gasteiger partial charge in [0.15, 0.2) is 0 Å². The summed E-state index contributed by atoms with van der Waals surface area (Å²) in [5, 5.41) is 3.04. The highest BCUT2D eigenvalue weighted by atomic mass is 35.5. The zero-order valence-electron chi connectivity index (χ0n) is 12.9. The summed E-state index contributed by atoms with van der Waals surface area (Å²) in [7, 11) is 1.50. The van der Waals surface area contributed by atoms with E-state index >= 15 is 0 Å². The number of morpholine rings is 1. The van der Waals surface area contributed by atoms with Crippen molar-refractivity contribution in [3.8, 4) is 0 Å². The fraction of sp³-hybridized carbons (Fsp3) is 0.533. The third-order valence-electron chi connectivity index (χ3n) is 3.69. The summed E-state index contributed by atoms with van der Waals surface area (Å²) >= 11 is 0. The number of halogens is 4. The maximum atomic E-state index is 13.0. The molecule has 1 aromatic rings. The van der Waals surface area contributed by atoms with Crippen molar-refractivity contribution in [3.05, 3.63) is 35.4 Å². The van der Waals surface area contributed by atoms with E-state index in [1.54, 1.807) is 6.92 Å². The van der Waals surface area contributed by atoms with Crippen LogP contribution in [0.4, 0.5) is 13.2 Å². The predicted octanol–water partition coefficient (Wildman–Crippen LogP) is 2.46. The molecule has 23 heavy (non-hydrogen) atoms. The molecule has 1 N–H and O–H groups in total. The molecule has 0 spiro atoms. The number of amides is 1.